The van der Waals surface area contributed by atoms with Crippen LogP contribution >= 0.6 is 0 Å². The molecule has 2 saturated heterocycles. The number of benzene rings is 1. The lowest BCUT2D eigenvalue weighted by atomic mass is 9.58. The summed E-state index contributed by atoms with van der Waals surface area (Å²) in [5.74, 6) is 2.80. The fourth-order valence-corrected chi connectivity index (χ4v) is 7.63. The van der Waals surface area contributed by atoms with Crippen LogP contribution in [0.4, 0.5) is 5.69 Å². The second-order valence-electron chi connectivity index (χ2n) is 10.9. The zero-order valence-corrected chi connectivity index (χ0v) is 20.2. The Labute approximate surface area is 192 Å². The predicted molar refractivity (Wildman–Crippen MR) is 124 cm³/mol. The first-order chi connectivity index (χ1) is 15.3. The lowest BCUT2D eigenvalue weighted by Gasteiger charge is -2.53. The zero-order chi connectivity index (χ0) is 22.7. The monoisotopic (exact) mass is 442 g/mol. The van der Waals surface area contributed by atoms with Gasteiger partial charge in [0.05, 0.1) is 26.0 Å². The van der Waals surface area contributed by atoms with Crippen LogP contribution in [0.15, 0.2) is 12.1 Å². The van der Waals surface area contributed by atoms with Crippen LogP contribution in [0.2, 0.25) is 0 Å². The van der Waals surface area contributed by atoms with E-state index in [1.807, 2.05) is 0 Å². The third-order valence-electron chi connectivity index (χ3n) is 9.14. The van der Waals surface area contributed by atoms with Crippen LogP contribution in [0.1, 0.15) is 64.5 Å². The Morgan fingerprint density at radius 1 is 1.16 bits per heavy atom. The minimum absolute atomic E-state index is 0.0439. The van der Waals surface area contributed by atoms with E-state index in [4.69, 9.17) is 14.2 Å². The van der Waals surface area contributed by atoms with E-state index < -0.39 is 0 Å². The Hall–Kier alpha value is -1.95. The van der Waals surface area contributed by atoms with Crippen LogP contribution in [0.5, 0.6) is 11.5 Å². The summed E-state index contributed by atoms with van der Waals surface area (Å²) in [4.78, 5) is 14.5. The van der Waals surface area contributed by atoms with E-state index in [1.165, 1.54) is 19.3 Å². The molecule has 1 aromatic carbocycles. The van der Waals surface area contributed by atoms with Gasteiger partial charge >= 0.3 is 0 Å². The van der Waals surface area contributed by atoms with Crippen molar-refractivity contribution in [2.75, 3.05) is 38.8 Å². The van der Waals surface area contributed by atoms with E-state index in [1.54, 1.807) is 21.1 Å². The number of amides is 1. The molecule has 1 aromatic rings. The third-order valence-corrected chi connectivity index (χ3v) is 9.14. The number of hydrogen-bond donors (Lipinski definition) is 1. The van der Waals surface area contributed by atoms with E-state index in [2.05, 4.69) is 36.2 Å². The Kier molecular flexibility index (Phi) is 5.35. The van der Waals surface area contributed by atoms with Crippen LogP contribution in [-0.2, 0) is 9.53 Å². The molecule has 2 aliphatic carbocycles. The fraction of sp³-hybridized carbons (Fsp3) is 0.731. The van der Waals surface area contributed by atoms with Gasteiger partial charge in [-0.1, -0.05) is 13.8 Å². The highest BCUT2D eigenvalue weighted by atomic mass is 16.5. The van der Waals surface area contributed by atoms with Crippen molar-refractivity contribution in [2.24, 2.45) is 22.7 Å². The SMILES string of the molecule is COc1cc(N2CCCC2)c(OC)cc1[C@H]1OCC[C@@]23C[C@@H](C[C@H]12)C(C)(C)[C@@H]3NC(C)=O. The Morgan fingerprint density at radius 3 is 2.53 bits per heavy atom. The molecule has 1 N–H and O–H groups in total. The van der Waals surface area contributed by atoms with Gasteiger partial charge in [0.15, 0.2) is 0 Å². The van der Waals surface area contributed by atoms with Gasteiger partial charge in [0.1, 0.15) is 11.5 Å². The van der Waals surface area contributed by atoms with Gasteiger partial charge in [-0.15, -0.1) is 0 Å². The summed E-state index contributed by atoms with van der Waals surface area (Å²) in [5.41, 5.74) is 2.38. The molecular weight excluding hydrogens is 404 g/mol. The van der Waals surface area contributed by atoms with Gasteiger partial charge in [-0.2, -0.15) is 0 Å². The van der Waals surface area contributed by atoms with Crippen LogP contribution < -0.4 is 19.7 Å². The van der Waals surface area contributed by atoms with E-state index in [-0.39, 0.29) is 28.9 Å². The van der Waals surface area contributed by atoms with Gasteiger partial charge in [-0.3, -0.25) is 4.79 Å². The molecule has 176 valence electrons. The molecule has 5 atom stereocenters. The highest BCUT2D eigenvalue weighted by molar-refractivity contribution is 5.73. The molecule has 2 bridgehead atoms. The lowest BCUT2D eigenvalue weighted by molar-refractivity contribution is -0.136. The van der Waals surface area contributed by atoms with Crippen molar-refractivity contribution in [3.63, 3.8) is 0 Å². The Bertz CT molecular complexity index is 894. The summed E-state index contributed by atoms with van der Waals surface area (Å²) in [7, 11) is 3.50. The van der Waals surface area contributed by atoms with Crippen LogP contribution in [-0.4, -0.2) is 45.9 Å². The number of carbonyl (C=O) groups is 1. The number of ether oxygens (including phenoxy) is 3. The first kappa shape index (κ1) is 21.9. The molecule has 2 saturated carbocycles. The van der Waals surface area contributed by atoms with Crippen molar-refractivity contribution >= 4 is 11.6 Å². The normalized spacial score (nSPS) is 35.0. The van der Waals surface area contributed by atoms with E-state index in [0.717, 1.165) is 48.7 Å². The first-order valence-electron chi connectivity index (χ1n) is 12.2. The molecule has 0 radical (unpaired) electrons. The molecule has 2 heterocycles. The van der Waals surface area contributed by atoms with Crippen LogP contribution in [0, 0.1) is 22.7 Å². The molecule has 32 heavy (non-hydrogen) atoms. The van der Waals surface area contributed by atoms with Gasteiger partial charge in [-0.05, 0) is 60.8 Å². The minimum Gasteiger partial charge on any atom is -0.496 e. The number of carbonyl (C=O) groups excluding carboxylic acids is 1. The molecule has 2 aliphatic heterocycles. The molecular formula is C26H38N2O4. The topological polar surface area (TPSA) is 60.0 Å². The van der Waals surface area contributed by atoms with Gasteiger partial charge in [-0.25, -0.2) is 0 Å². The largest absolute Gasteiger partial charge is 0.496 e. The number of hydrogen-bond acceptors (Lipinski definition) is 5. The predicted octanol–water partition coefficient (Wildman–Crippen LogP) is 4.32. The fourth-order valence-electron chi connectivity index (χ4n) is 7.63. The maximum atomic E-state index is 12.2. The minimum atomic E-state index is -0.0439. The lowest BCUT2D eigenvalue weighted by Crippen LogP contribution is -2.58. The molecule has 6 heteroatoms. The smallest absolute Gasteiger partial charge is 0.217 e. The van der Waals surface area contributed by atoms with Crippen molar-refractivity contribution in [3.8, 4) is 11.5 Å². The summed E-state index contributed by atoms with van der Waals surface area (Å²) in [5, 5.41) is 3.37. The van der Waals surface area contributed by atoms with Crippen molar-refractivity contribution in [1.29, 1.82) is 0 Å². The molecule has 5 rings (SSSR count). The number of fused-ring (bicyclic) bond motifs is 1. The molecule has 0 aromatic heterocycles. The molecule has 0 unspecified atom stereocenters. The van der Waals surface area contributed by atoms with E-state index in [9.17, 15) is 4.79 Å². The highest BCUT2D eigenvalue weighted by Gasteiger charge is 2.68. The van der Waals surface area contributed by atoms with E-state index >= 15 is 0 Å². The summed E-state index contributed by atoms with van der Waals surface area (Å²) >= 11 is 0. The van der Waals surface area contributed by atoms with Crippen molar-refractivity contribution in [2.45, 2.75) is 65.0 Å². The maximum absolute atomic E-state index is 12.2. The zero-order valence-electron chi connectivity index (χ0n) is 20.2. The van der Waals surface area contributed by atoms with Crippen LogP contribution in [0.25, 0.3) is 0 Å². The summed E-state index contributed by atoms with van der Waals surface area (Å²) in [6, 6.07) is 4.48. The Balaban J connectivity index is 1.54. The standard InChI is InChI=1S/C26H38N2O4/c1-16(29)27-24-25(2,3)17-12-19-23(32-11-8-26(19,24)15-17)18-13-22(31-5)20(14-21(18)30-4)28-9-6-7-10-28/h13-14,17,19,23-24H,6-12,15H2,1-5H3,(H,27,29)/t17-,19-,23-,24+,26-/m1/s1. The highest BCUT2D eigenvalue weighted by Crippen LogP contribution is 2.71. The maximum Gasteiger partial charge on any atom is 0.217 e. The third kappa shape index (κ3) is 3.12. The van der Waals surface area contributed by atoms with Crippen molar-refractivity contribution in [1.82, 2.24) is 5.32 Å². The number of rotatable bonds is 5. The number of anilines is 1. The van der Waals surface area contributed by atoms with Gasteiger partial charge in [0.2, 0.25) is 5.91 Å². The average Bonchev–Trinajstić information content (AvgIpc) is 3.48. The summed E-state index contributed by atoms with van der Waals surface area (Å²) < 4.78 is 18.3. The first-order valence-corrected chi connectivity index (χ1v) is 12.2. The molecule has 1 spiro atoms. The molecule has 1 amide bonds. The number of methoxy groups -OCH3 is 2. The second-order valence-corrected chi connectivity index (χ2v) is 10.9. The van der Waals surface area contributed by atoms with E-state index in [0.29, 0.717) is 18.4 Å². The molecule has 4 aliphatic rings. The summed E-state index contributed by atoms with van der Waals surface area (Å²) in [6.45, 7) is 9.14. The molecule has 6 nitrogen and oxygen atoms in total. The summed E-state index contributed by atoms with van der Waals surface area (Å²) in [6.07, 6.45) is 5.69. The van der Waals surface area contributed by atoms with Crippen molar-refractivity contribution in [3.05, 3.63) is 17.7 Å². The number of nitrogens with one attached hydrogen (secondary N) is 1. The van der Waals surface area contributed by atoms with Gasteiger partial charge < -0.3 is 24.4 Å². The van der Waals surface area contributed by atoms with Gasteiger partial charge in [0.25, 0.3) is 0 Å². The quantitative estimate of drug-likeness (QED) is 0.736. The Morgan fingerprint density at radius 2 is 1.88 bits per heavy atom. The molecule has 4 fully saturated rings. The van der Waals surface area contributed by atoms with Crippen LogP contribution in [0.3, 0.4) is 0 Å². The average molecular weight is 443 g/mol. The second kappa shape index (κ2) is 7.82. The van der Waals surface area contributed by atoms with Crippen molar-refractivity contribution < 1.29 is 19.0 Å². The van der Waals surface area contributed by atoms with Gasteiger partial charge in [0, 0.05) is 44.3 Å². The number of nitrogens with zero attached hydrogens (tertiary/aromatic N) is 1.